The fourth-order valence-corrected chi connectivity index (χ4v) is 5.76. The maximum Gasteiger partial charge on any atom is 0.276 e. The van der Waals surface area contributed by atoms with Gasteiger partial charge in [-0.2, -0.15) is 0 Å². The van der Waals surface area contributed by atoms with E-state index in [0.717, 1.165) is 25.7 Å². The van der Waals surface area contributed by atoms with Crippen molar-refractivity contribution in [3.63, 3.8) is 0 Å². The van der Waals surface area contributed by atoms with E-state index in [2.05, 4.69) is 41.3 Å². The number of aryl methyl sites for hydroxylation is 3. The highest BCUT2D eigenvalue weighted by molar-refractivity contribution is 7.17. The molecule has 1 N–H and O–H groups in total. The molecule has 1 atom stereocenters. The van der Waals surface area contributed by atoms with Crippen LogP contribution in [0.2, 0.25) is 0 Å². The second-order valence-corrected chi connectivity index (χ2v) is 10.3. The Kier molecular flexibility index (Phi) is 6.16. The lowest BCUT2D eigenvalue weighted by atomic mass is 10.0. The van der Waals surface area contributed by atoms with Crippen LogP contribution in [0, 0.1) is 20.8 Å². The number of fused-ring (bicyclic) bond motifs is 1. The molecule has 1 unspecified atom stereocenters. The first-order valence-corrected chi connectivity index (χ1v) is 12.7. The third-order valence-corrected chi connectivity index (χ3v) is 7.89. The largest absolute Gasteiger partial charge is 0.355 e. The molecule has 2 aromatic carbocycles. The summed E-state index contributed by atoms with van der Waals surface area (Å²) in [5.41, 5.74) is 6.89. The third-order valence-electron chi connectivity index (χ3n) is 6.00. The van der Waals surface area contributed by atoms with E-state index in [1.54, 1.807) is 16.5 Å². The summed E-state index contributed by atoms with van der Waals surface area (Å²) in [5, 5.41) is 3.76. The highest BCUT2D eigenvalue weighted by atomic mass is 32.1. The zero-order valence-electron chi connectivity index (χ0n) is 19.1. The number of nitrogens with one attached hydrogen (secondary N) is 1. The molecule has 2 amide bonds. The molecule has 0 saturated carbocycles. The molecule has 1 aliphatic heterocycles. The van der Waals surface area contributed by atoms with Crippen LogP contribution in [-0.4, -0.2) is 52.6 Å². The van der Waals surface area contributed by atoms with Gasteiger partial charge in [-0.1, -0.05) is 24.3 Å². The molecule has 3 heterocycles. The topological polar surface area (TPSA) is 84.4 Å². The van der Waals surface area contributed by atoms with Gasteiger partial charge in [-0.15, -0.1) is 22.7 Å². The van der Waals surface area contributed by atoms with Gasteiger partial charge >= 0.3 is 0 Å². The molecule has 1 fully saturated rings. The van der Waals surface area contributed by atoms with Gasteiger partial charge in [0.15, 0.2) is 0 Å². The molecule has 9 heteroatoms. The van der Waals surface area contributed by atoms with Crippen LogP contribution < -0.4 is 5.32 Å². The van der Waals surface area contributed by atoms with Gasteiger partial charge in [0.2, 0.25) is 0 Å². The Morgan fingerprint density at radius 1 is 1.18 bits per heavy atom. The molecular formula is C25H24N4O3S2. The van der Waals surface area contributed by atoms with E-state index >= 15 is 0 Å². The first-order chi connectivity index (χ1) is 16.4. The maximum absolute atomic E-state index is 13.5. The molecule has 2 aromatic heterocycles. The fraction of sp³-hybridized carbons (Fsp3) is 0.280. The minimum Gasteiger partial charge on any atom is -0.355 e. The summed E-state index contributed by atoms with van der Waals surface area (Å²) in [7, 11) is 0. The number of hydrogen-bond acceptors (Lipinski definition) is 7. The Labute approximate surface area is 205 Å². The second-order valence-electron chi connectivity index (χ2n) is 8.25. The summed E-state index contributed by atoms with van der Waals surface area (Å²) in [4.78, 5) is 37.8. The van der Waals surface area contributed by atoms with Crippen molar-refractivity contribution < 1.29 is 14.3 Å². The molecule has 174 valence electrons. The number of ether oxygens (including phenoxy) is 1. The van der Waals surface area contributed by atoms with Gasteiger partial charge in [-0.05, 0) is 49.6 Å². The standard InChI is InChI=1S/C25H24N4O3S2/c1-14-7-8-17(11-15(14)2)22-21(28-16(3)34-22)25(31)29-9-10-32-20(29)12-26-24(30)18-5-4-6-19-23(18)33-13-27-19/h4-8,11,13,20H,9-10,12H2,1-3H3,(H,26,30). The number of hydrogen-bond donors (Lipinski definition) is 1. The summed E-state index contributed by atoms with van der Waals surface area (Å²) < 4.78 is 6.65. The van der Waals surface area contributed by atoms with Gasteiger partial charge in [-0.25, -0.2) is 9.97 Å². The maximum atomic E-state index is 13.5. The highest BCUT2D eigenvalue weighted by Gasteiger charge is 2.33. The Hall–Kier alpha value is -3.14. The van der Waals surface area contributed by atoms with E-state index in [1.807, 2.05) is 25.1 Å². The lowest BCUT2D eigenvalue weighted by Gasteiger charge is -2.23. The normalized spacial score (nSPS) is 15.7. The summed E-state index contributed by atoms with van der Waals surface area (Å²) in [6.45, 7) is 7.10. The smallest absolute Gasteiger partial charge is 0.276 e. The fourth-order valence-electron chi connectivity index (χ4n) is 4.05. The van der Waals surface area contributed by atoms with Gasteiger partial charge in [0, 0.05) is 6.54 Å². The monoisotopic (exact) mass is 492 g/mol. The van der Waals surface area contributed by atoms with Crippen molar-refractivity contribution in [1.29, 1.82) is 0 Å². The predicted octanol–water partition coefficient (Wildman–Crippen LogP) is 4.57. The lowest BCUT2D eigenvalue weighted by molar-refractivity contribution is 0.0277. The van der Waals surface area contributed by atoms with Gasteiger partial charge in [-0.3, -0.25) is 9.59 Å². The van der Waals surface area contributed by atoms with E-state index < -0.39 is 6.23 Å². The van der Waals surface area contributed by atoms with E-state index in [9.17, 15) is 9.59 Å². The van der Waals surface area contributed by atoms with E-state index in [4.69, 9.17) is 4.74 Å². The Bertz CT molecular complexity index is 1390. The number of nitrogens with zero attached hydrogens (tertiary/aromatic N) is 3. The highest BCUT2D eigenvalue weighted by Crippen LogP contribution is 2.33. The van der Waals surface area contributed by atoms with Crippen molar-refractivity contribution in [1.82, 2.24) is 20.2 Å². The number of carbonyl (C=O) groups excluding carboxylic acids is 2. The first kappa shape index (κ1) is 22.6. The number of rotatable bonds is 5. The van der Waals surface area contributed by atoms with Crippen molar-refractivity contribution in [3.05, 3.63) is 69.3 Å². The SMILES string of the molecule is Cc1nc(C(=O)N2CCOC2CNC(=O)c2cccc3ncsc23)c(-c2ccc(C)c(C)c2)s1. The van der Waals surface area contributed by atoms with Crippen LogP contribution in [0.25, 0.3) is 20.7 Å². The summed E-state index contributed by atoms with van der Waals surface area (Å²) >= 11 is 2.95. The van der Waals surface area contributed by atoms with Crippen LogP contribution in [0.3, 0.4) is 0 Å². The van der Waals surface area contributed by atoms with Crippen LogP contribution in [0.15, 0.2) is 41.9 Å². The number of thiazole rings is 2. The van der Waals surface area contributed by atoms with Crippen LogP contribution in [0.1, 0.15) is 37.0 Å². The lowest BCUT2D eigenvalue weighted by Crippen LogP contribution is -2.44. The Morgan fingerprint density at radius 3 is 2.85 bits per heavy atom. The quantitative estimate of drug-likeness (QED) is 0.441. The number of aromatic nitrogens is 2. The van der Waals surface area contributed by atoms with Gasteiger partial charge in [0.25, 0.3) is 11.8 Å². The van der Waals surface area contributed by atoms with Crippen molar-refractivity contribution in [3.8, 4) is 10.4 Å². The molecule has 0 aliphatic carbocycles. The molecule has 4 aromatic rings. The number of benzene rings is 2. The minimum atomic E-state index is -0.549. The van der Waals surface area contributed by atoms with Crippen molar-refractivity contribution >= 4 is 44.7 Å². The molecule has 7 nitrogen and oxygen atoms in total. The zero-order valence-corrected chi connectivity index (χ0v) is 20.8. The predicted molar refractivity (Wildman–Crippen MR) is 134 cm³/mol. The Morgan fingerprint density at radius 2 is 2.03 bits per heavy atom. The molecule has 0 bridgehead atoms. The second kappa shape index (κ2) is 9.25. The third kappa shape index (κ3) is 4.22. The zero-order chi connectivity index (χ0) is 23.8. The number of amides is 2. The van der Waals surface area contributed by atoms with Crippen molar-refractivity contribution in [2.45, 2.75) is 27.0 Å². The van der Waals surface area contributed by atoms with E-state index in [0.29, 0.717) is 24.4 Å². The average Bonchev–Trinajstić information content (AvgIpc) is 3.57. The summed E-state index contributed by atoms with van der Waals surface area (Å²) in [6.07, 6.45) is -0.549. The molecule has 0 spiro atoms. The van der Waals surface area contributed by atoms with Gasteiger partial charge in [0.05, 0.1) is 44.3 Å². The van der Waals surface area contributed by atoms with Crippen LogP contribution in [0.5, 0.6) is 0 Å². The molecule has 1 aliphatic rings. The van der Waals surface area contributed by atoms with Gasteiger partial charge < -0.3 is 15.0 Å². The Balaban J connectivity index is 1.34. The summed E-state index contributed by atoms with van der Waals surface area (Å²) in [6, 6.07) is 11.7. The molecule has 34 heavy (non-hydrogen) atoms. The first-order valence-electron chi connectivity index (χ1n) is 11.0. The molecular weight excluding hydrogens is 468 g/mol. The van der Waals surface area contributed by atoms with E-state index in [1.165, 1.54) is 33.8 Å². The number of carbonyl (C=O) groups is 2. The average molecular weight is 493 g/mol. The molecule has 5 rings (SSSR count). The molecule has 1 saturated heterocycles. The molecule has 0 radical (unpaired) electrons. The summed E-state index contributed by atoms with van der Waals surface area (Å²) in [5.74, 6) is -0.392. The van der Waals surface area contributed by atoms with Crippen LogP contribution >= 0.6 is 22.7 Å². The van der Waals surface area contributed by atoms with E-state index in [-0.39, 0.29) is 18.4 Å². The van der Waals surface area contributed by atoms with Crippen molar-refractivity contribution in [2.75, 3.05) is 19.7 Å². The van der Waals surface area contributed by atoms with Crippen LogP contribution in [0.4, 0.5) is 0 Å². The van der Waals surface area contributed by atoms with Gasteiger partial charge in [0.1, 0.15) is 11.9 Å². The van der Waals surface area contributed by atoms with Crippen molar-refractivity contribution in [2.24, 2.45) is 0 Å². The van der Waals surface area contributed by atoms with Crippen LogP contribution in [-0.2, 0) is 4.74 Å². The minimum absolute atomic E-state index is 0.182.